The Labute approximate surface area is 182 Å². The number of carbonyl (C=O) groups is 3. The van der Waals surface area contributed by atoms with Crippen LogP contribution in [0.25, 0.3) is 5.76 Å². The summed E-state index contributed by atoms with van der Waals surface area (Å²) < 4.78 is 13.6. The van der Waals surface area contributed by atoms with Crippen molar-refractivity contribution >= 4 is 29.1 Å². The number of carboxylic acid groups (broad SMARTS) is 1. The number of hydrogen-bond donors (Lipinski definition) is 2. The number of carbonyl (C=O) groups excluding carboxylic acids is 2. The monoisotopic (exact) mass is 431 g/mol. The van der Waals surface area contributed by atoms with Gasteiger partial charge in [-0.1, -0.05) is 48.0 Å². The molecule has 7 heteroatoms. The van der Waals surface area contributed by atoms with Crippen molar-refractivity contribution in [3.05, 3.63) is 106 Å². The molecule has 1 aliphatic rings. The van der Waals surface area contributed by atoms with E-state index in [-0.39, 0.29) is 22.6 Å². The average molecular weight is 431 g/mol. The van der Waals surface area contributed by atoms with E-state index in [4.69, 9.17) is 0 Å². The first-order chi connectivity index (χ1) is 15.3. The van der Waals surface area contributed by atoms with Gasteiger partial charge in [-0.05, 0) is 42.8 Å². The van der Waals surface area contributed by atoms with Crippen LogP contribution in [-0.2, 0) is 9.59 Å². The molecule has 0 aliphatic carbocycles. The van der Waals surface area contributed by atoms with Gasteiger partial charge in [-0.15, -0.1) is 0 Å². The van der Waals surface area contributed by atoms with Gasteiger partial charge in [0.25, 0.3) is 11.7 Å². The van der Waals surface area contributed by atoms with Crippen LogP contribution in [0.5, 0.6) is 0 Å². The molecule has 6 nitrogen and oxygen atoms in total. The van der Waals surface area contributed by atoms with Gasteiger partial charge in [-0.3, -0.25) is 14.5 Å². The first-order valence-electron chi connectivity index (χ1n) is 9.75. The maximum Gasteiger partial charge on any atom is 0.335 e. The van der Waals surface area contributed by atoms with Gasteiger partial charge in [0.2, 0.25) is 0 Å². The molecule has 1 heterocycles. The molecule has 0 spiro atoms. The van der Waals surface area contributed by atoms with E-state index in [2.05, 4.69) is 0 Å². The predicted octanol–water partition coefficient (Wildman–Crippen LogP) is 4.46. The summed E-state index contributed by atoms with van der Waals surface area (Å²) in [6.45, 7) is 1.87. The molecule has 1 amide bonds. The van der Waals surface area contributed by atoms with Crippen LogP contribution in [0.3, 0.4) is 0 Å². The van der Waals surface area contributed by atoms with Crippen LogP contribution in [-0.4, -0.2) is 27.9 Å². The maximum absolute atomic E-state index is 13.6. The molecule has 1 saturated heterocycles. The molecular weight excluding hydrogens is 413 g/mol. The summed E-state index contributed by atoms with van der Waals surface area (Å²) in [5, 5.41) is 20.3. The molecule has 160 valence electrons. The van der Waals surface area contributed by atoms with Crippen LogP contribution in [0.2, 0.25) is 0 Å². The average Bonchev–Trinajstić information content (AvgIpc) is 3.05. The first-order valence-corrected chi connectivity index (χ1v) is 9.75. The Balaban J connectivity index is 1.94. The number of benzene rings is 3. The first kappa shape index (κ1) is 21.0. The second-order valence-corrected chi connectivity index (χ2v) is 7.44. The molecule has 0 aromatic heterocycles. The highest BCUT2D eigenvalue weighted by Crippen LogP contribution is 2.42. The van der Waals surface area contributed by atoms with Gasteiger partial charge in [0.1, 0.15) is 11.6 Å². The standard InChI is InChI=1S/C25H18FNO5/c1-14-5-7-16(8-6-14)22(28)20-21(15-9-11-18(26)12-10-15)27(24(30)23(20)29)19-4-2-3-17(13-19)25(31)32/h2-13,21,28H,1H3,(H,31,32)/b22-20+/t21-/m0/s1. The number of ketones is 1. The molecule has 1 fully saturated rings. The minimum Gasteiger partial charge on any atom is -0.507 e. The van der Waals surface area contributed by atoms with Crippen LogP contribution in [0.15, 0.2) is 78.4 Å². The van der Waals surface area contributed by atoms with E-state index in [1.165, 1.54) is 48.5 Å². The van der Waals surface area contributed by atoms with Crippen molar-refractivity contribution in [2.24, 2.45) is 0 Å². The minimum absolute atomic E-state index is 0.0687. The summed E-state index contributed by atoms with van der Waals surface area (Å²) in [7, 11) is 0. The Hall–Kier alpha value is -4.26. The smallest absolute Gasteiger partial charge is 0.335 e. The van der Waals surface area contributed by atoms with Gasteiger partial charge >= 0.3 is 5.97 Å². The minimum atomic E-state index is -1.19. The number of hydrogen-bond acceptors (Lipinski definition) is 4. The van der Waals surface area contributed by atoms with Crippen LogP contribution in [0.1, 0.15) is 33.1 Å². The third-order valence-corrected chi connectivity index (χ3v) is 5.33. The molecule has 0 radical (unpaired) electrons. The lowest BCUT2D eigenvalue weighted by molar-refractivity contribution is -0.132. The van der Waals surface area contributed by atoms with Gasteiger partial charge in [-0.25, -0.2) is 9.18 Å². The number of aryl methyl sites for hydroxylation is 1. The fourth-order valence-corrected chi connectivity index (χ4v) is 3.72. The molecule has 4 rings (SSSR count). The number of Topliss-reactive ketones (excluding diaryl/α,β-unsaturated/α-hetero) is 1. The fraction of sp³-hybridized carbons (Fsp3) is 0.0800. The molecule has 3 aromatic rings. The van der Waals surface area contributed by atoms with Crippen molar-refractivity contribution in [1.82, 2.24) is 0 Å². The third kappa shape index (κ3) is 3.65. The molecule has 0 bridgehead atoms. The Morgan fingerprint density at radius 3 is 2.19 bits per heavy atom. The van der Waals surface area contributed by atoms with E-state index in [9.17, 15) is 29.0 Å². The molecule has 2 N–H and O–H groups in total. The van der Waals surface area contributed by atoms with E-state index in [0.717, 1.165) is 10.5 Å². The SMILES string of the molecule is Cc1ccc(/C(O)=C2\C(=O)C(=O)N(c3cccc(C(=O)O)c3)[C@H]2c2ccc(F)cc2)cc1. The highest BCUT2D eigenvalue weighted by molar-refractivity contribution is 6.51. The molecule has 1 aliphatic heterocycles. The zero-order valence-corrected chi connectivity index (χ0v) is 16.9. The van der Waals surface area contributed by atoms with Crippen molar-refractivity contribution in [3.8, 4) is 0 Å². The largest absolute Gasteiger partial charge is 0.507 e. The van der Waals surface area contributed by atoms with Gasteiger partial charge in [0.15, 0.2) is 0 Å². The number of nitrogens with zero attached hydrogens (tertiary/aromatic N) is 1. The van der Waals surface area contributed by atoms with Crippen molar-refractivity contribution in [2.75, 3.05) is 4.90 Å². The Morgan fingerprint density at radius 2 is 1.56 bits per heavy atom. The number of aliphatic hydroxyl groups excluding tert-OH is 1. The quantitative estimate of drug-likeness (QED) is 0.361. The Bertz CT molecular complexity index is 1260. The summed E-state index contributed by atoms with van der Waals surface area (Å²) in [6, 6.07) is 16.5. The molecule has 0 saturated carbocycles. The molecule has 1 atom stereocenters. The van der Waals surface area contributed by atoms with E-state index < -0.39 is 29.5 Å². The Morgan fingerprint density at radius 1 is 0.906 bits per heavy atom. The highest BCUT2D eigenvalue weighted by atomic mass is 19.1. The number of aromatic carboxylic acids is 1. The number of carboxylic acids is 1. The topological polar surface area (TPSA) is 94.9 Å². The van der Waals surface area contributed by atoms with Crippen LogP contribution >= 0.6 is 0 Å². The Kier molecular flexibility index (Phi) is 5.32. The van der Waals surface area contributed by atoms with Gasteiger partial charge in [0, 0.05) is 11.3 Å². The molecule has 3 aromatic carbocycles. The van der Waals surface area contributed by atoms with Crippen LogP contribution < -0.4 is 4.90 Å². The number of rotatable bonds is 4. The van der Waals surface area contributed by atoms with E-state index in [1.54, 1.807) is 24.3 Å². The number of aliphatic hydroxyl groups is 1. The maximum atomic E-state index is 13.6. The summed E-state index contributed by atoms with van der Waals surface area (Å²) in [4.78, 5) is 38.6. The lowest BCUT2D eigenvalue weighted by atomic mass is 9.95. The number of halogens is 1. The van der Waals surface area contributed by atoms with Crippen molar-refractivity contribution in [1.29, 1.82) is 0 Å². The summed E-state index contributed by atoms with van der Waals surface area (Å²) in [5.41, 5.74) is 1.62. The van der Waals surface area contributed by atoms with E-state index in [1.807, 2.05) is 6.92 Å². The summed E-state index contributed by atoms with van der Waals surface area (Å²) in [5.74, 6) is -3.90. The predicted molar refractivity (Wildman–Crippen MR) is 116 cm³/mol. The third-order valence-electron chi connectivity index (χ3n) is 5.33. The van der Waals surface area contributed by atoms with Gasteiger partial charge in [0.05, 0.1) is 17.2 Å². The normalized spacial score (nSPS) is 17.6. The van der Waals surface area contributed by atoms with Crippen molar-refractivity contribution in [2.45, 2.75) is 13.0 Å². The van der Waals surface area contributed by atoms with Crippen molar-refractivity contribution in [3.63, 3.8) is 0 Å². The zero-order chi connectivity index (χ0) is 23.0. The van der Waals surface area contributed by atoms with E-state index >= 15 is 0 Å². The molecule has 32 heavy (non-hydrogen) atoms. The second kappa shape index (κ2) is 8.11. The second-order valence-electron chi connectivity index (χ2n) is 7.44. The fourth-order valence-electron chi connectivity index (χ4n) is 3.72. The van der Waals surface area contributed by atoms with Crippen molar-refractivity contribution < 1.29 is 29.0 Å². The van der Waals surface area contributed by atoms with Crippen LogP contribution in [0, 0.1) is 12.7 Å². The highest BCUT2D eigenvalue weighted by Gasteiger charge is 2.47. The zero-order valence-electron chi connectivity index (χ0n) is 16.9. The van der Waals surface area contributed by atoms with Crippen LogP contribution in [0.4, 0.5) is 10.1 Å². The van der Waals surface area contributed by atoms with Gasteiger partial charge < -0.3 is 10.2 Å². The molecule has 0 unspecified atom stereocenters. The number of anilines is 1. The lowest BCUT2D eigenvalue weighted by Gasteiger charge is -2.25. The number of amides is 1. The summed E-state index contributed by atoms with van der Waals surface area (Å²) in [6.07, 6.45) is 0. The van der Waals surface area contributed by atoms with Gasteiger partial charge in [-0.2, -0.15) is 0 Å². The van der Waals surface area contributed by atoms with E-state index in [0.29, 0.717) is 11.1 Å². The molecular formula is C25H18FNO5. The lowest BCUT2D eigenvalue weighted by Crippen LogP contribution is -2.29. The summed E-state index contributed by atoms with van der Waals surface area (Å²) >= 11 is 0.